The van der Waals surface area contributed by atoms with E-state index in [1.165, 1.54) is 6.92 Å². The number of aryl methyl sites for hydroxylation is 1. The molecule has 10 heteroatoms. The van der Waals surface area contributed by atoms with Gasteiger partial charge < -0.3 is 31.0 Å². The molecule has 0 radical (unpaired) electrons. The van der Waals surface area contributed by atoms with Crippen LogP contribution in [-0.4, -0.2) is 35.3 Å². The predicted molar refractivity (Wildman–Crippen MR) is 168 cm³/mol. The van der Waals surface area contributed by atoms with Gasteiger partial charge in [-0.1, -0.05) is 31.2 Å². The number of ether oxygens (including phenoxy) is 1. The molecule has 5 aromatic rings. The number of carbonyl (C=O) groups excluding carboxylic acids is 4. The number of hydrogen-bond acceptors (Lipinski definition) is 5. The SMILES string of the molecule is CCNC(=O)Oc1cc(NC(=O)c2cc3cc(NC(=O)c4ccc(NC(C)=O)cc4)ccc3[nH]2)c(CC)c2ccccc12. The molecule has 1 heterocycles. The van der Waals surface area contributed by atoms with Crippen molar-refractivity contribution in [2.24, 2.45) is 0 Å². The van der Waals surface area contributed by atoms with Crippen LogP contribution in [0.4, 0.5) is 21.9 Å². The van der Waals surface area contributed by atoms with Crippen LogP contribution in [0.25, 0.3) is 21.7 Å². The Bertz CT molecular complexity index is 1860. The molecule has 0 spiro atoms. The van der Waals surface area contributed by atoms with E-state index < -0.39 is 6.09 Å². The quantitative estimate of drug-likeness (QED) is 0.144. The molecule has 0 atom stereocenters. The van der Waals surface area contributed by atoms with Gasteiger partial charge in [0.25, 0.3) is 11.8 Å². The topological polar surface area (TPSA) is 141 Å². The minimum Gasteiger partial charge on any atom is -0.410 e. The lowest BCUT2D eigenvalue weighted by molar-refractivity contribution is -0.114. The van der Waals surface area contributed by atoms with Crippen molar-refractivity contribution in [1.82, 2.24) is 10.3 Å². The van der Waals surface area contributed by atoms with Gasteiger partial charge in [-0.05, 0) is 72.8 Å². The van der Waals surface area contributed by atoms with Gasteiger partial charge in [0, 0.05) is 58.4 Å². The highest BCUT2D eigenvalue weighted by molar-refractivity contribution is 6.09. The lowest BCUT2D eigenvalue weighted by Crippen LogP contribution is -2.26. The molecule has 5 rings (SSSR count). The van der Waals surface area contributed by atoms with Crippen LogP contribution in [0.5, 0.6) is 5.75 Å². The van der Waals surface area contributed by atoms with Gasteiger partial charge in [-0.25, -0.2) is 4.79 Å². The fraction of sp³-hybridized carbons (Fsp3) is 0.152. The first-order chi connectivity index (χ1) is 20.7. The molecular formula is C33H31N5O5. The van der Waals surface area contributed by atoms with E-state index in [4.69, 9.17) is 4.74 Å². The molecule has 0 aliphatic carbocycles. The molecule has 4 aromatic carbocycles. The second-order valence-corrected chi connectivity index (χ2v) is 9.87. The smallest absolute Gasteiger partial charge is 0.410 e. The monoisotopic (exact) mass is 577 g/mol. The average molecular weight is 578 g/mol. The van der Waals surface area contributed by atoms with Crippen LogP contribution in [0.2, 0.25) is 0 Å². The molecule has 0 aliphatic heterocycles. The molecule has 218 valence electrons. The van der Waals surface area contributed by atoms with Crippen molar-refractivity contribution in [3.63, 3.8) is 0 Å². The summed E-state index contributed by atoms with van der Waals surface area (Å²) in [5.74, 6) is -0.523. The first kappa shape index (κ1) is 28.9. The lowest BCUT2D eigenvalue weighted by atomic mass is 9.99. The Hall–Kier alpha value is -5.64. The maximum absolute atomic E-state index is 13.4. The molecule has 4 amide bonds. The number of aromatic nitrogens is 1. The van der Waals surface area contributed by atoms with Crippen LogP contribution in [0, 0.1) is 0 Å². The molecule has 5 N–H and O–H groups in total. The zero-order chi connectivity index (χ0) is 30.5. The molecule has 0 fully saturated rings. The van der Waals surface area contributed by atoms with Crippen LogP contribution < -0.4 is 26.0 Å². The van der Waals surface area contributed by atoms with Crippen molar-refractivity contribution < 1.29 is 23.9 Å². The Labute approximate surface area is 247 Å². The Kier molecular flexibility index (Phi) is 8.38. The summed E-state index contributed by atoms with van der Waals surface area (Å²) in [6.07, 6.45) is 0.0678. The highest BCUT2D eigenvalue weighted by Crippen LogP contribution is 2.35. The van der Waals surface area contributed by atoms with E-state index >= 15 is 0 Å². The van der Waals surface area contributed by atoms with E-state index in [1.54, 1.807) is 61.5 Å². The Balaban J connectivity index is 1.37. The summed E-state index contributed by atoms with van der Waals surface area (Å²) in [7, 11) is 0. The van der Waals surface area contributed by atoms with Crippen LogP contribution >= 0.6 is 0 Å². The number of benzene rings is 4. The van der Waals surface area contributed by atoms with Gasteiger partial charge in [0.2, 0.25) is 5.91 Å². The van der Waals surface area contributed by atoms with E-state index in [0.29, 0.717) is 47.0 Å². The highest BCUT2D eigenvalue weighted by atomic mass is 16.6. The summed E-state index contributed by atoms with van der Waals surface area (Å²) in [6, 6.07) is 22.8. The molecule has 0 saturated carbocycles. The summed E-state index contributed by atoms with van der Waals surface area (Å²) in [6.45, 7) is 5.64. The number of rotatable bonds is 8. The van der Waals surface area contributed by atoms with Gasteiger partial charge in [0.05, 0.1) is 0 Å². The van der Waals surface area contributed by atoms with Gasteiger partial charge in [0.1, 0.15) is 11.4 Å². The first-order valence-corrected chi connectivity index (χ1v) is 13.9. The Morgan fingerprint density at radius 3 is 2.19 bits per heavy atom. The number of H-pyrrole nitrogens is 1. The Morgan fingerprint density at radius 1 is 0.767 bits per heavy atom. The average Bonchev–Trinajstić information content (AvgIpc) is 3.41. The van der Waals surface area contributed by atoms with Crippen molar-refractivity contribution in [2.45, 2.75) is 27.2 Å². The van der Waals surface area contributed by atoms with E-state index in [9.17, 15) is 19.2 Å². The number of aromatic amines is 1. The molecule has 0 bridgehead atoms. The van der Waals surface area contributed by atoms with E-state index in [0.717, 1.165) is 27.2 Å². The second kappa shape index (κ2) is 12.5. The molecule has 0 saturated heterocycles. The molecule has 0 unspecified atom stereocenters. The zero-order valence-corrected chi connectivity index (χ0v) is 24.0. The zero-order valence-electron chi connectivity index (χ0n) is 24.0. The molecule has 0 aliphatic rings. The standard InChI is InChI=1S/C33H31N5O5/c1-4-24-25-8-6-7-9-26(25)30(43-33(42)34-5-2)18-28(24)38-32(41)29-17-21-16-23(14-15-27(21)37-29)36-31(40)20-10-12-22(13-11-20)35-19(3)39/h6-18,37H,4-5H2,1-3H3,(H,34,42)(H,35,39)(H,36,40)(H,38,41). The van der Waals surface area contributed by atoms with Crippen LogP contribution in [0.3, 0.4) is 0 Å². The highest BCUT2D eigenvalue weighted by Gasteiger charge is 2.18. The number of fused-ring (bicyclic) bond motifs is 2. The molecule has 1 aromatic heterocycles. The largest absolute Gasteiger partial charge is 0.412 e. The second-order valence-electron chi connectivity index (χ2n) is 9.87. The molecule has 10 nitrogen and oxygen atoms in total. The van der Waals surface area contributed by atoms with Crippen molar-refractivity contribution >= 4 is 62.6 Å². The van der Waals surface area contributed by atoms with Crippen molar-refractivity contribution in [2.75, 3.05) is 22.5 Å². The van der Waals surface area contributed by atoms with E-state index in [2.05, 4.69) is 26.3 Å². The summed E-state index contributed by atoms with van der Waals surface area (Å²) in [4.78, 5) is 52.8. The number of nitrogens with one attached hydrogen (secondary N) is 5. The molecule has 43 heavy (non-hydrogen) atoms. The fourth-order valence-electron chi connectivity index (χ4n) is 4.89. The number of anilines is 3. The summed E-state index contributed by atoms with van der Waals surface area (Å²) in [5, 5.41) is 13.5. The number of carbonyl (C=O) groups is 4. The minimum atomic E-state index is -0.574. The van der Waals surface area contributed by atoms with Gasteiger partial charge >= 0.3 is 6.09 Å². The van der Waals surface area contributed by atoms with Crippen molar-refractivity contribution in [3.05, 3.63) is 95.7 Å². The normalized spacial score (nSPS) is 10.8. The van der Waals surface area contributed by atoms with Gasteiger partial charge in [-0.2, -0.15) is 0 Å². The van der Waals surface area contributed by atoms with Gasteiger partial charge in [0.15, 0.2) is 0 Å². The summed E-state index contributed by atoms with van der Waals surface area (Å²) < 4.78 is 5.58. The summed E-state index contributed by atoms with van der Waals surface area (Å²) >= 11 is 0. The fourth-order valence-corrected chi connectivity index (χ4v) is 4.89. The van der Waals surface area contributed by atoms with E-state index in [1.807, 2.05) is 31.2 Å². The van der Waals surface area contributed by atoms with Crippen LogP contribution in [0.1, 0.15) is 47.2 Å². The van der Waals surface area contributed by atoms with Crippen molar-refractivity contribution in [3.8, 4) is 5.75 Å². The van der Waals surface area contributed by atoms with Gasteiger partial charge in [-0.3, -0.25) is 14.4 Å². The van der Waals surface area contributed by atoms with Crippen LogP contribution in [0.15, 0.2) is 78.9 Å². The third-order valence-electron chi connectivity index (χ3n) is 6.83. The third-order valence-corrected chi connectivity index (χ3v) is 6.83. The van der Waals surface area contributed by atoms with Crippen LogP contribution in [-0.2, 0) is 11.2 Å². The van der Waals surface area contributed by atoms with Gasteiger partial charge in [-0.15, -0.1) is 0 Å². The number of amides is 4. The summed E-state index contributed by atoms with van der Waals surface area (Å²) in [5.41, 5.74) is 4.10. The maximum Gasteiger partial charge on any atom is 0.412 e. The third kappa shape index (κ3) is 6.48. The Morgan fingerprint density at radius 2 is 1.49 bits per heavy atom. The van der Waals surface area contributed by atoms with Crippen molar-refractivity contribution in [1.29, 1.82) is 0 Å². The minimum absolute atomic E-state index is 0.191. The maximum atomic E-state index is 13.4. The number of hydrogen-bond donors (Lipinski definition) is 5. The van der Waals surface area contributed by atoms with E-state index in [-0.39, 0.29) is 17.7 Å². The molecular weight excluding hydrogens is 546 g/mol. The predicted octanol–water partition coefficient (Wildman–Crippen LogP) is 6.45. The lowest BCUT2D eigenvalue weighted by Gasteiger charge is -2.16. The first-order valence-electron chi connectivity index (χ1n) is 13.9.